The van der Waals surface area contributed by atoms with Gasteiger partial charge in [0.25, 0.3) is 0 Å². The minimum absolute atomic E-state index is 0.266. The molecule has 0 bridgehead atoms. The molecule has 0 amide bonds. The van der Waals surface area contributed by atoms with E-state index in [0.717, 1.165) is 29.9 Å². The number of allylic oxidation sites excluding steroid dienone is 1. The molecule has 0 saturated carbocycles. The minimum Gasteiger partial charge on any atom is -0.507 e. The second-order valence-electron chi connectivity index (χ2n) is 6.46. The Morgan fingerprint density at radius 1 is 1.29 bits per heavy atom. The number of hydrogen-bond acceptors (Lipinski definition) is 3. The molecule has 1 aromatic rings. The van der Waals surface area contributed by atoms with Crippen LogP contribution in [0.15, 0.2) is 17.0 Å². The molecule has 0 unspecified atom stereocenters. The van der Waals surface area contributed by atoms with Gasteiger partial charge in [0, 0.05) is 10.7 Å². The number of hydrogen-bond donors (Lipinski definition) is 1. The molecule has 0 fully saturated rings. The van der Waals surface area contributed by atoms with Gasteiger partial charge in [-0.3, -0.25) is 0 Å². The fourth-order valence-electron chi connectivity index (χ4n) is 3.32. The zero-order valence-electron chi connectivity index (χ0n) is 13.2. The maximum Gasteiger partial charge on any atom is 0.134 e. The van der Waals surface area contributed by atoms with E-state index in [4.69, 9.17) is 4.74 Å². The van der Waals surface area contributed by atoms with Gasteiger partial charge in [-0.2, -0.15) is 0 Å². The lowest BCUT2D eigenvalue weighted by Crippen LogP contribution is -2.32. The van der Waals surface area contributed by atoms with E-state index in [1.54, 1.807) is 0 Å². The summed E-state index contributed by atoms with van der Waals surface area (Å²) in [4.78, 5) is 1.30. The summed E-state index contributed by atoms with van der Waals surface area (Å²) in [5, 5.41) is 10.5. The third-order valence-corrected chi connectivity index (χ3v) is 5.73. The van der Waals surface area contributed by atoms with Gasteiger partial charge >= 0.3 is 0 Å². The molecule has 0 aliphatic carbocycles. The number of unbranched alkanes of at least 4 members (excludes halogenated alkanes) is 2. The van der Waals surface area contributed by atoms with E-state index in [9.17, 15) is 5.11 Å². The van der Waals surface area contributed by atoms with Crippen LogP contribution in [0.3, 0.4) is 0 Å². The Hall–Kier alpha value is -1.09. The smallest absolute Gasteiger partial charge is 0.134 e. The van der Waals surface area contributed by atoms with Gasteiger partial charge in [-0.05, 0) is 56.4 Å². The first-order chi connectivity index (χ1) is 10.0. The quantitative estimate of drug-likeness (QED) is 0.781. The Bertz CT molecular complexity index is 587. The molecule has 0 atom stereocenters. The minimum atomic E-state index is -0.266. The Balaban J connectivity index is 1.98. The molecule has 0 aromatic heterocycles. The highest BCUT2D eigenvalue weighted by Crippen LogP contribution is 2.53. The number of ether oxygens (including phenoxy) is 1. The van der Waals surface area contributed by atoms with Gasteiger partial charge in [0.05, 0.1) is 5.56 Å². The van der Waals surface area contributed by atoms with Crippen molar-refractivity contribution in [3.8, 4) is 11.5 Å². The summed E-state index contributed by atoms with van der Waals surface area (Å²) in [6.07, 6.45) is 5.66. The van der Waals surface area contributed by atoms with Crippen molar-refractivity contribution in [3.05, 3.63) is 28.2 Å². The fourth-order valence-corrected chi connectivity index (χ4v) is 4.59. The van der Waals surface area contributed by atoms with Gasteiger partial charge < -0.3 is 9.84 Å². The van der Waals surface area contributed by atoms with E-state index in [2.05, 4.69) is 26.8 Å². The van der Waals surface area contributed by atoms with Crippen LogP contribution in [0.5, 0.6) is 11.5 Å². The number of aryl methyl sites for hydroxylation is 1. The van der Waals surface area contributed by atoms with Crippen molar-refractivity contribution in [2.45, 2.75) is 58.5 Å². The largest absolute Gasteiger partial charge is 0.507 e. The average Bonchev–Trinajstić information content (AvgIpc) is 2.88. The van der Waals surface area contributed by atoms with Crippen LogP contribution < -0.4 is 4.74 Å². The molecule has 2 nitrogen and oxygen atoms in total. The zero-order valence-corrected chi connectivity index (χ0v) is 14.0. The van der Waals surface area contributed by atoms with Gasteiger partial charge in [0.2, 0.25) is 0 Å². The molecule has 1 N–H and O–H groups in total. The summed E-state index contributed by atoms with van der Waals surface area (Å²) in [6, 6.07) is 4.07. The van der Waals surface area contributed by atoms with Crippen molar-refractivity contribution in [1.29, 1.82) is 0 Å². The monoisotopic (exact) mass is 304 g/mol. The molecule has 2 heterocycles. The van der Waals surface area contributed by atoms with Crippen LogP contribution in [0.1, 0.15) is 57.6 Å². The lowest BCUT2D eigenvalue weighted by Gasteiger charge is -2.34. The van der Waals surface area contributed by atoms with Crippen LogP contribution in [0.4, 0.5) is 0 Å². The Morgan fingerprint density at radius 3 is 2.86 bits per heavy atom. The number of fused-ring (bicyclic) bond motifs is 2. The van der Waals surface area contributed by atoms with Gasteiger partial charge in [-0.1, -0.05) is 19.8 Å². The van der Waals surface area contributed by atoms with Crippen LogP contribution in [0, 0.1) is 0 Å². The molecule has 0 spiro atoms. The highest BCUT2D eigenvalue weighted by atomic mass is 32.2. The number of phenols is 1. The number of rotatable bonds is 4. The van der Waals surface area contributed by atoms with Crippen molar-refractivity contribution in [3.63, 3.8) is 0 Å². The van der Waals surface area contributed by atoms with Crippen molar-refractivity contribution in [2.24, 2.45) is 0 Å². The predicted octanol–water partition coefficient (Wildman–Crippen LogP) is 5.14. The summed E-state index contributed by atoms with van der Waals surface area (Å²) in [5.74, 6) is 2.35. The number of thioether (sulfide) groups is 1. The number of phenolic OH excluding ortho intramolecular Hbond substituents is 1. The Labute approximate surface area is 131 Å². The van der Waals surface area contributed by atoms with E-state index in [0.29, 0.717) is 5.75 Å². The average molecular weight is 304 g/mol. The summed E-state index contributed by atoms with van der Waals surface area (Å²) < 4.78 is 6.22. The van der Waals surface area contributed by atoms with E-state index in [1.807, 2.05) is 17.8 Å². The summed E-state index contributed by atoms with van der Waals surface area (Å²) in [7, 11) is 0. The number of aromatic hydroxyl groups is 1. The standard InChI is InChI=1S/C18H24O2S/c1-4-5-6-7-12-10-14(19)16-13-8-9-21-17(13)18(2,3)20-15(16)11-12/h10-11,19H,4-9H2,1-3H3. The SMILES string of the molecule is CCCCCc1cc(O)c2c(c1)OC(C)(C)C1=C2CCS1. The van der Waals surface area contributed by atoms with Gasteiger partial charge in [0.1, 0.15) is 17.1 Å². The van der Waals surface area contributed by atoms with E-state index in [-0.39, 0.29) is 5.60 Å². The molecule has 114 valence electrons. The normalized spacial score (nSPS) is 19.2. The molecular weight excluding hydrogens is 280 g/mol. The maximum atomic E-state index is 10.5. The Morgan fingerprint density at radius 2 is 2.10 bits per heavy atom. The van der Waals surface area contributed by atoms with Gasteiger partial charge in [-0.25, -0.2) is 0 Å². The van der Waals surface area contributed by atoms with E-state index >= 15 is 0 Å². The van der Waals surface area contributed by atoms with E-state index in [1.165, 1.54) is 35.3 Å². The fraction of sp³-hybridized carbons (Fsp3) is 0.556. The highest BCUT2D eigenvalue weighted by Gasteiger charge is 2.39. The third kappa shape index (κ3) is 2.68. The van der Waals surface area contributed by atoms with E-state index < -0.39 is 0 Å². The summed E-state index contributed by atoms with van der Waals surface area (Å²) in [5.41, 5.74) is 3.15. The lowest BCUT2D eigenvalue weighted by atomic mass is 9.91. The van der Waals surface area contributed by atoms with Crippen molar-refractivity contribution >= 4 is 17.3 Å². The number of benzene rings is 1. The van der Waals surface area contributed by atoms with Crippen LogP contribution >= 0.6 is 11.8 Å². The molecule has 0 saturated heterocycles. The first-order valence-corrected chi connectivity index (χ1v) is 8.93. The van der Waals surface area contributed by atoms with Crippen LogP contribution in [0.25, 0.3) is 5.57 Å². The highest BCUT2D eigenvalue weighted by molar-refractivity contribution is 8.03. The van der Waals surface area contributed by atoms with Crippen LogP contribution in [-0.4, -0.2) is 16.5 Å². The molecule has 0 radical (unpaired) electrons. The Kier molecular flexibility index (Phi) is 3.96. The van der Waals surface area contributed by atoms with Crippen molar-refractivity contribution in [2.75, 3.05) is 5.75 Å². The van der Waals surface area contributed by atoms with Crippen LogP contribution in [-0.2, 0) is 6.42 Å². The lowest BCUT2D eigenvalue weighted by molar-refractivity contribution is 0.153. The van der Waals surface area contributed by atoms with Gasteiger partial charge in [-0.15, -0.1) is 11.8 Å². The molecule has 3 heteroatoms. The first kappa shape index (κ1) is 14.8. The predicted molar refractivity (Wildman–Crippen MR) is 90.0 cm³/mol. The molecule has 2 aliphatic rings. The zero-order chi connectivity index (χ0) is 15.0. The summed E-state index contributed by atoms with van der Waals surface area (Å²) >= 11 is 1.87. The molecule has 21 heavy (non-hydrogen) atoms. The molecule has 3 rings (SSSR count). The third-order valence-electron chi connectivity index (χ3n) is 4.30. The molecule has 1 aromatic carbocycles. The summed E-state index contributed by atoms with van der Waals surface area (Å²) in [6.45, 7) is 6.47. The maximum absolute atomic E-state index is 10.5. The van der Waals surface area contributed by atoms with Crippen molar-refractivity contribution in [1.82, 2.24) is 0 Å². The van der Waals surface area contributed by atoms with Crippen LogP contribution in [0.2, 0.25) is 0 Å². The second kappa shape index (κ2) is 5.60. The molecular formula is C18H24O2S. The second-order valence-corrected chi connectivity index (χ2v) is 7.57. The first-order valence-electron chi connectivity index (χ1n) is 7.94. The topological polar surface area (TPSA) is 29.5 Å². The molecule has 2 aliphatic heterocycles. The van der Waals surface area contributed by atoms with Crippen molar-refractivity contribution < 1.29 is 9.84 Å². The van der Waals surface area contributed by atoms with Gasteiger partial charge in [0.15, 0.2) is 0 Å².